The third kappa shape index (κ3) is 3.39. The van der Waals surface area contributed by atoms with Crippen LogP contribution in [0.3, 0.4) is 0 Å². The van der Waals surface area contributed by atoms with E-state index in [1.807, 2.05) is 0 Å². The maximum Gasteiger partial charge on any atom is 0.342 e. The summed E-state index contributed by atoms with van der Waals surface area (Å²) in [5.74, 6) is -1.47. The van der Waals surface area contributed by atoms with Gasteiger partial charge in [0.1, 0.15) is 5.15 Å². The predicted molar refractivity (Wildman–Crippen MR) is 75.0 cm³/mol. The highest BCUT2D eigenvalue weighted by Crippen LogP contribution is 2.20. The lowest BCUT2D eigenvalue weighted by Crippen LogP contribution is -2.35. The fraction of sp³-hybridized carbons (Fsp3) is 0.429. The smallest absolute Gasteiger partial charge is 0.342 e. The topological polar surface area (TPSA) is 76.6 Å². The Hall–Kier alpha value is -1.95. The van der Waals surface area contributed by atoms with E-state index in [1.54, 1.807) is 19.9 Å². The average Bonchev–Trinajstić information content (AvgIpc) is 2.81. The van der Waals surface area contributed by atoms with E-state index < -0.39 is 18.5 Å². The molecule has 21 heavy (non-hydrogen) atoms. The molecule has 1 fully saturated rings. The number of rotatable bonds is 3. The second kappa shape index (κ2) is 6.22. The van der Waals surface area contributed by atoms with Crippen LogP contribution in [-0.2, 0) is 14.3 Å². The monoisotopic (exact) mass is 310 g/mol. The van der Waals surface area contributed by atoms with Gasteiger partial charge in [0.15, 0.2) is 6.61 Å². The molecule has 7 heteroatoms. The average molecular weight is 311 g/mol. The lowest BCUT2D eigenvalue weighted by Gasteiger charge is -2.14. The summed E-state index contributed by atoms with van der Waals surface area (Å²) in [6, 6.07) is 1.70. The fourth-order valence-corrected chi connectivity index (χ4v) is 2.59. The number of nitrogens with zero attached hydrogens (tertiary/aromatic N) is 2. The standard InChI is InChI=1S/C14H15ClN2O4/c1-8-6-9(2)16-13(15)12(8)14(20)21-7-11(19)17-5-3-4-10(17)18/h6H,3-5,7H2,1-2H3. The van der Waals surface area contributed by atoms with E-state index in [1.165, 1.54) is 0 Å². The van der Waals surface area contributed by atoms with Gasteiger partial charge in [-0.1, -0.05) is 11.6 Å². The SMILES string of the molecule is Cc1cc(C)c(C(=O)OCC(=O)N2CCCC2=O)c(Cl)n1. The number of aryl methyl sites for hydroxylation is 2. The highest BCUT2D eigenvalue weighted by Gasteiger charge is 2.27. The van der Waals surface area contributed by atoms with Crippen molar-refractivity contribution in [1.29, 1.82) is 0 Å². The highest BCUT2D eigenvalue weighted by atomic mass is 35.5. The van der Waals surface area contributed by atoms with Crippen LogP contribution in [0.1, 0.15) is 34.5 Å². The molecule has 112 valence electrons. The molecular formula is C14H15ClN2O4. The van der Waals surface area contributed by atoms with E-state index >= 15 is 0 Å². The first kappa shape index (κ1) is 15.4. The van der Waals surface area contributed by atoms with Crippen LogP contribution in [0, 0.1) is 13.8 Å². The minimum atomic E-state index is -0.718. The highest BCUT2D eigenvalue weighted by molar-refractivity contribution is 6.32. The minimum absolute atomic E-state index is 0.0437. The van der Waals surface area contributed by atoms with Gasteiger partial charge >= 0.3 is 5.97 Å². The summed E-state index contributed by atoms with van der Waals surface area (Å²) in [7, 11) is 0. The third-order valence-corrected chi connectivity index (χ3v) is 3.48. The molecule has 0 aliphatic carbocycles. The number of carbonyl (C=O) groups excluding carboxylic acids is 3. The first-order valence-corrected chi connectivity index (χ1v) is 6.92. The number of likely N-dealkylation sites (tertiary alicyclic amines) is 1. The Morgan fingerprint density at radius 1 is 1.43 bits per heavy atom. The number of imide groups is 1. The van der Waals surface area contributed by atoms with Gasteiger partial charge in [-0.25, -0.2) is 9.78 Å². The number of hydrogen-bond acceptors (Lipinski definition) is 5. The van der Waals surface area contributed by atoms with Crippen molar-refractivity contribution in [3.05, 3.63) is 28.0 Å². The van der Waals surface area contributed by atoms with Gasteiger partial charge in [-0.05, 0) is 31.9 Å². The summed E-state index contributed by atoms with van der Waals surface area (Å²) < 4.78 is 4.95. The Morgan fingerprint density at radius 2 is 2.14 bits per heavy atom. The van der Waals surface area contributed by atoms with Crippen LogP contribution in [0.5, 0.6) is 0 Å². The number of esters is 1. The van der Waals surface area contributed by atoms with Crippen molar-refractivity contribution in [2.24, 2.45) is 0 Å². The van der Waals surface area contributed by atoms with Crippen LogP contribution in [0.15, 0.2) is 6.07 Å². The lowest BCUT2D eigenvalue weighted by molar-refractivity contribution is -0.143. The van der Waals surface area contributed by atoms with Crippen LogP contribution < -0.4 is 0 Å². The zero-order valence-corrected chi connectivity index (χ0v) is 12.6. The molecule has 1 aromatic heterocycles. The van der Waals surface area contributed by atoms with E-state index in [-0.39, 0.29) is 16.6 Å². The van der Waals surface area contributed by atoms with Crippen molar-refractivity contribution in [2.75, 3.05) is 13.2 Å². The van der Waals surface area contributed by atoms with Gasteiger partial charge < -0.3 is 4.74 Å². The van der Waals surface area contributed by atoms with E-state index in [0.29, 0.717) is 30.6 Å². The quantitative estimate of drug-likeness (QED) is 0.627. The number of pyridine rings is 1. The van der Waals surface area contributed by atoms with Gasteiger partial charge in [-0.3, -0.25) is 14.5 Å². The van der Waals surface area contributed by atoms with Crippen molar-refractivity contribution in [2.45, 2.75) is 26.7 Å². The number of ether oxygens (including phenoxy) is 1. The van der Waals surface area contributed by atoms with Crippen LogP contribution in [0.4, 0.5) is 0 Å². The number of carbonyl (C=O) groups is 3. The van der Waals surface area contributed by atoms with E-state index in [2.05, 4.69) is 4.98 Å². The molecule has 0 spiro atoms. The Balaban J connectivity index is 2.02. The van der Waals surface area contributed by atoms with Crippen molar-refractivity contribution >= 4 is 29.4 Å². The summed E-state index contributed by atoms with van der Waals surface area (Å²) in [5, 5.41) is 0.0437. The molecule has 0 N–H and O–H groups in total. The zero-order valence-electron chi connectivity index (χ0n) is 11.8. The molecule has 1 aromatic rings. The molecule has 2 heterocycles. The zero-order chi connectivity index (χ0) is 15.6. The van der Waals surface area contributed by atoms with Gasteiger partial charge in [-0.2, -0.15) is 0 Å². The Morgan fingerprint density at radius 3 is 2.71 bits per heavy atom. The molecule has 0 bridgehead atoms. The molecule has 0 aromatic carbocycles. The van der Waals surface area contributed by atoms with Crippen molar-refractivity contribution in [3.8, 4) is 0 Å². The van der Waals surface area contributed by atoms with Gasteiger partial charge in [0.2, 0.25) is 5.91 Å². The van der Waals surface area contributed by atoms with Gasteiger partial charge in [0.05, 0.1) is 5.56 Å². The third-order valence-electron chi connectivity index (χ3n) is 3.21. The van der Waals surface area contributed by atoms with Crippen molar-refractivity contribution < 1.29 is 19.1 Å². The van der Waals surface area contributed by atoms with Gasteiger partial charge in [0, 0.05) is 18.7 Å². The molecule has 0 atom stereocenters. The summed E-state index contributed by atoms with van der Waals surface area (Å²) in [6.45, 7) is 3.37. The van der Waals surface area contributed by atoms with Crippen LogP contribution in [-0.4, -0.2) is 40.8 Å². The molecule has 0 radical (unpaired) electrons. The van der Waals surface area contributed by atoms with E-state index in [0.717, 1.165) is 4.90 Å². The normalized spacial score (nSPS) is 14.4. The lowest BCUT2D eigenvalue weighted by atomic mass is 10.1. The Labute approximate surface area is 127 Å². The Kier molecular flexibility index (Phi) is 4.57. The molecule has 2 rings (SSSR count). The summed E-state index contributed by atoms with van der Waals surface area (Å²) in [6.07, 6.45) is 0.998. The maximum atomic E-state index is 12.0. The van der Waals surface area contributed by atoms with Gasteiger partial charge in [-0.15, -0.1) is 0 Å². The molecular weight excluding hydrogens is 296 g/mol. The first-order valence-electron chi connectivity index (χ1n) is 6.54. The van der Waals surface area contributed by atoms with Crippen LogP contribution >= 0.6 is 11.6 Å². The van der Waals surface area contributed by atoms with Crippen molar-refractivity contribution in [3.63, 3.8) is 0 Å². The second-order valence-electron chi connectivity index (χ2n) is 4.87. The van der Waals surface area contributed by atoms with E-state index in [4.69, 9.17) is 16.3 Å². The second-order valence-corrected chi connectivity index (χ2v) is 5.22. The maximum absolute atomic E-state index is 12.0. The summed E-state index contributed by atoms with van der Waals surface area (Å²) >= 11 is 5.93. The number of halogens is 1. The number of hydrogen-bond donors (Lipinski definition) is 0. The minimum Gasteiger partial charge on any atom is -0.452 e. The molecule has 1 aliphatic rings. The molecule has 0 saturated carbocycles. The van der Waals surface area contributed by atoms with Crippen molar-refractivity contribution in [1.82, 2.24) is 9.88 Å². The predicted octanol–water partition coefficient (Wildman–Crippen LogP) is 1.66. The van der Waals surface area contributed by atoms with Gasteiger partial charge in [0.25, 0.3) is 5.91 Å². The number of aromatic nitrogens is 1. The Bertz CT molecular complexity index is 592. The molecule has 2 amide bonds. The number of amides is 2. The molecule has 1 saturated heterocycles. The van der Waals surface area contributed by atoms with Crippen LogP contribution in [0.2, 0.25) is 5.15 Å². The summed E-state index contributed by atoms with van der Waals surface area (Å²) in [4.78, 5) is 40.3. The molecule has 1 aliphatic heterocycles. The molecule has 0 unspecified atom stereocenters. The fourth-order valence-electron chi connectivity index (χ4n) is 2.23. The summed E-state index contributed by atoms with van der Waals surface area (Å²) in [5.41, 5.74) is 1.46. The van der Waals surface area contributed by atoms with E-state index in [9.17, 15) is 14.4 Å². The largest absolute Gasteiger partial charge is 0.452 e. The van der Waals surface area contributed by atoms with Crippen LogP contribution in [0.25, 0.3) is 0 Å². The first-order chi connectivity index (χ1) is 9.90. The molecule has 6 nitrogen and oxygen atoms in total.